The van der Waals surface area contributed by atoms with Crippen LogP contribution in [0.5, 0.6) is 0 Å². The molecule has 4 nitrogen and oxygen atoms in total. The van der Waals surface area contributed by atoms with Gasteiger partial charge in [-0.2, -0.15) is 0 Å². The third-order valence-electron chi connectivity index (χ3n) is 2.90. The molecule has 20 heavy (non-hydrogen) atoms. The van der Waals surface area contributed by atoms with Crippen LogP contribution in [0.1, 0.15) is 28.6 Å². The van der Waals surface area contributed by atoms with Crippen LogP contribution < -0.4 is 11.1 Å². The Hall–Kier alpha value is -2.14. The Kier molecular flexibility index (Phi) is 4.53. The van der Waals surface area contributed by atoms with Crippen molar-refractivity contribution in [3.8, 4) is 0 Å². The molecule has 3 N–H and O–H groups in total. The number of rotatable bonds is 5. The zero-order chi connectivity index (χ0) is 14.5. The van der Waals surface area contributed by atoms with Gasteiger partial charge in [-0.05, 0) is 31.2 Å². The van der Waals surface area contributed by atoms with Crippen molar-refractivity contribution in [2.45, 2.75) is 19.4 Å². The summed E-state index contributed by atoms with van der Waals surface area (Å²) in [6.07, 6.45) is 2.28. The average molecular weight is 288 g/mol. The highest BCUT2D eigenvalue weighted by atomic mass is 32.1. The second kappa shape index (κ2) is 6.34. The Morgan fingerprint density at radius 2 is 1.95 bits per heavy atom. The molecule has 1 aromatic carbocycles. The van der Waals surface area contributed by atoms with E-state index in [4.69, 9.17) is 22.4 Å². The van der Waals surface area contributed by atoms with Crippen molar-refractivity contribution in [3.05, 3.63) is 59.5 Å². The largest absolute Gasteiger partial charge is 0.469 e. The Morgan fingerprint density at radius 1 is 1.30 bits per heavy atom. The second-order valence-electron chi connectivity index (χ2n) is 4.60. The van der Waals surface area contributed by atoms with Gasteiger partial charge in [0.2, 0.25) is 0 Å². The van der Waals surface area contributed by atoms with Gasteiger partial charge in [0.25, 0.3) is 5.91 Å². The molecule has 0 aliphatic heterocycles. The topological polar surface area (TPSA) is 68.3 Å². The third kappa shape index (κ3) is 3.68. The van der Waals surface area contributed by atoms with Gasteiger partial charge in [0, 0.05) is 23.6 Å². The number of carbonyl (C=O) groups is 1. The molecule has 0 saturated heterocycles. The lowest BCUT2D eigenvalue weighted by molar-refractivity contribution is 0.0939. The highest BCUT2D eigenvalue weighted by molar-refractivity contribution is 7.80. The fourth-order valence-corrected chi connectivity index (χ4v) is 2.01. The smallest absolute Gasteiger partial charge is 0.251 e. The van der Waals surface area contributed by atoms with Crippen LogP contribution in [0.3, 0.4) is 0 Å². The first-order chi connectivity index (χ1) is 9.56. The molecule has 104 valence electrons. The van der Waals surface area contributed by atoms with Crippen LogP contribution >= 0.6 is 12.2 Å². The number of furan rings is 1. The van der Waals surface area contributed by atoms with E-state index in [2.05, 4.69) is 5.32 Å². The molecule has 2 aromatic rings. The van der Waals surface area contributed by atoms with E-state index < -0.39 is 0 Å². The fraction of sp³-hybridized carbons (Fsp3) is 0.200. The van der Waals surface area contributed by atoms with Gasteiger partial charge in [-0.3, -0.25) is 4.79 Å². The second-order valence-corrected chi connectivity index (χ2v) is 5.04. The molecule has 1 atom stereocenters. The normalized spacial score (nSPS) is 11.8. The first kappa shape index (κ1) is 14.3. The minimum atomic E-state index is -0.126. The Balaban J connectivity index is 1.95. The zero-order valence-electron chi connectivity index (χ0n) is 11.1. The van der Waals surface area contributed by atoms with Crippen LogP contribution in [0.4, 0.5) is 0 Å². The molecule has 0 saturated carbocycles. The number of thiocarbonyl (C=S) groups is 1. The molecule has 0 radical (unpaired) electrons. The van der Waals surface area contributed by atoms with Crippen LogP contribution in [0.15, 0.2) is 47.1 Å². The fourth-order valence-electron chi connectivity index (χ4n) is 1.87. The van der Waals surface area contributed by atoms with Crippen LogP contribution in [-0.4, -0.2) is 16.9 Å². The summed E-state index contributed by atoms with van der Waals surface area (Å²) in [6.45, 7) is 1.93. The van der Waals surface area contributed by atoms with E-state index in [1.54, 1.807) is 30.5 Å². The van der Waals surface area contributed by atoms with Crippen molar-refractivity contribution in [1.29, 1.82) is 0 Å². The van der Waals surface area contributed by atoms with E-state index in [0.29, 0.717) is 17.0 Å². The molecular weight excluding hydrogens is 272 g/mol. The molecule has 0 fully saturated rings. The number of nitrogens with two attached hydrogens (primary N) is 1. The van der Waals surface area contributed by atoms with Crippen LogP contribution in [0.25, 0.3) is 0 Å². The summed E-state index contributed by atoms with van der Waals surface area (Å²) >= 11 is 4.87. The third-order valence-corrected chi connectivity index (χ3v) is 3.13. The van der Waals surface area contributed by atoms with E-state index in [1.807, 2.05) is 19.1 Å². The summed E-state index contributed by atoms with van der Waals surface area (Å²) in [6, 6.07) is 10.6. The van der Waals surface area contributed by atoms with Crippen LogP contribution in [0, 0.1) is 0 Å². The van der Waals surface area contributed by atoms with Gasteiger partial charge in [0.05, 0.1) is 6.26 Å². The van der Waals surface area contributed by atoms with Gasteiger partial charge in [-0.25, -0.2) is 0 Å². The molecular formula is C15H16N2O2S. The van der Waals surface area contributed by atoms with Gasteiger partial charge < -0.3 is 15.5 Å². The minimum Gasteiger partial charge on any atom is -0.469 e. The van der Waals surface area contributed by atoms with E-state index in [9.17, 15) is 4.79 Å². The van der Waals surface area contributed by atoms with Crippen molar-refractivity contribution in [2.75, 3.05) is 0 Å². The number of hydrogen-bond donors (Lipinski definition) is 2. The van der Waals surface area contributed by atoms with Crippen molar-refractivity contribution in [2.24, 2.45) is 5.73 Å². The summed E-state index contributed by atoms with van der Waals surface area (Å²) in [5, 5.41) is 2.92. The van der Waals surface area contributed by atoms with E-state index >= 15 is 0 Å². The van der Waals surface area contributed by atoms with Crippen LogP contribution in [-0.2, 0) is 6.42 Å². The standard InChI is InChI=1S/C15H16N2O2S/c1-10(9-13-3-2-8-19-13)17-15(18)12-6-4-11(5-7-12)14(16)20/h2-8,10H,9H2,1H3,(H2,16,20)(H,17,18)/t10-/m1/s1. The molecule has 0 aliphatic carbocycles. The molecule has 1 aromatic heterocycles. The van der Waals surface area contributed by atoms with E-state index in [0.717, 1.165) is 11.3 Å². The molecule has 0 bridgehead atoms. The van der Waals surface area contributed by atoms with Crippen molar-refractivity contribution in [1.82, 2.24) is 5.32 Å². The van der Waals surface area contributed by atoms with Gasteiger partial charge in [0.15, 0.2) is 0 Å². The van der Waals surface area contributed by atoms with E-state index in [1.165, 1.54) is 0 Å². The maximum Gasteiger partial charge on any atom is 0.251 e. The number of nitrogens with one attached hydrogen (secondary N) is 1. The molecule has 1 heterocycles. The predicted molar refractivity (Wildman–Crippen MR) is 81.7 cm³/mol. The Bertz CT molecular complexity index is 591. The van der Waals surface area contributed by atoms with Crippen LogP contribution in [0.2, 0.25) is 0 Å². The summed E-state index contributed by atoms with van der Waals surface area (Å²) in [5.74, 6) is 0.722. The number of carbonyl (C=O) groups excluding carboxylic acids is 1. The summed E-state index contributed by atoms with van der Waals surface area (Å²) in [5.41, 5.74) is 6.85. The monoisotopic (exact) mass is 288 g/mol. The summed E-state index contributed by atoms with van der Waals surface area (Å²) in [4.78, 5) is 12.4. The first-order valence-electron chi connectivity index (χ1n) is 6.29. The summed E-state index contributed by atoms with van der Waals surface area (Å²) < 4.78 is 5.25. The summed E-state index contributed by atoms with van der Waals surface area (Å²) in [7, 11) is 0. The quantitative estimate of drug-likeness (QED) is 0.828. The number of benzene rings is 1. The average Bonchev–Trinajstić information content (AvgIpc) is 2.91. The lowest BCUT2D eigenvalue weighted by Gasteiger charge is -2.12. The Labute approximate surface area is 123 Å². The maximum absolute atomic E-state index is 12.1. The molecule has 0 spiro atoms. The molecule has 0 unspecified atom stereocenters. The van der Waals surface area contributed by atoms with Crippen molar-refractivity contribution < 1.29 is 9.21 Å². The Morgan fingerprint density at radius 3 is 2.50 bits per heavy atom. The molecule has 2 rings (SSSR count). The molecule has 1 amide bonds. The first-order valence-corrected chi connectivity index (χ1v) is 6.70. The van der Waals surface area contributed by atoms with E-state index in [-0.39, 0.29) is 11.9 Å². The molecule has 0 aliphatic rings. The van der Waals surface area contributed by atoms with Gasteiger partial charge in [-0.15, -0.1) is 0 Å². The van der Waals surface area contributed by atoms with Gasteiger partial charge in [0.1, 0.15) is 10.7 Å². The van der Waals surface area contributed by atoms with Gasteiger partial charge >= 0.3 is 0 Å². The highest BCUT2D eigenvalue weighted by Crippen LogP contribution is 2.07. The SMILES string of the molecule is C[C@H](Cc1ccco1)NC(=O)c1ccc(C(N)=S)cc1. The molecule has 5 heteroatoms. The van der Waals surface area contributed by atoms with Gasteiger partial charge in [-0.1, -0.05) is 24.4 Å². The predicted octanol–water partition coefficient (Wildman–Crippen LogP) is 2.27. The minimum absolute atomic E-state index is 0.0103. The van der Waals surface area contributed by atoms with Crippen molar-refractivity contribution >= 4 is 23.1 Å². The number of hydrogen-bond acceptors (Lipinski definition) is 3. The lowest BCUT2D eigenvalue weighted by Crippen LogP contribution is -2.34. The zero-order valence-corrected chi connectivity index (χ0v) is 11.9. The van der Waals surface area contributed by atoms with Crippen molar-refractivity contribution in [3.63, 3.8) is 0 Å². The lowest BCUT2D eigenvalue weighted by atomic mass is 10.1. The highest BCUT2D eigenvalue weighted by Gasteiger charge is 2.11. The maximum atomic E-state index is 12.1. The number of amides is 1.